The Bertz CT molecular complexity index is 1150. The summed E-state index contributed by atoms with van der Waals surface area (Å²) in [5.41, 5.74) is 2.97. The van der Waals surface area contributed by atoms with Crippen molar-refractivity contribution in [2.24, 2.45) is 0 Å². The lowest BCUT2D eigenvalue weighted by molar-refractivity contribution is 0.265. The largest absolute Gasteiger partial charge is 0.484 e. The molecule has 0 bridgehead atoms. The number of nitrogens with zero attached hydrogens (tertiary/aromatic N) is 2. The van der Waals surface area contributed by atoms with Crippen LogP contribution in [0.1, 0.15) is 17.0 Å². The number of nitrogens with one attached hydrogen (secondary N) is 1. The van der Waals surface area contributed by atoms with E-state index in [1.54, 1.807) is 12.1 Å². The van der Waals surface area contributed by atoms with Crippen LogP contribution < -0.4 is 15.7 Å². The first-order valence-corrected chi connectivity index (χ1v) is 8.40. The Balaban J connectivity index is 1.44. The highest BCUT2D eigenvalue weighted by atomic mass is 16.5. The highest BCUT2D eigenvalue weighted by Crippen LogP contribution is 2.23. The van der Waals surface area contributed by atoms with E-state index in [1.165, 1.54) is 11.6 Å². The van der Waals surface area contributed by atoms with E-state index in [4.69, 9.17) is 13.6 Å². The quantitative estimate of drug-likeness (QED) is 0.533. The Morgan fingerprint density at radius 3 is 2.63 bits per heavy atom. The summed E-state index contributed by atoms with van der Waals surface area (Å²) in [4.78, 5) is 11.5. The van der Waals surface area contributed by atoms with Gasteiger partial charge in [-0.15, -0.1) is 5.10 Å². The Morgan fingerprint density at radius 2 is 1.81 bits per heavy atom. The second-order valence-electron chi connectivity index (χ2n) is 6.19. The van der Waals surface area contributed by atoms with E-state index in [0.717, 1.165) is 16.6 Å². The van der Waals surface area contributed by atoms with E-state index in [1.807, 2.05) is 44.2 Å². The zero-order valence-corrected chi connectivity index (χ0v) is 14.9. The maximum absolute atomic E-state index is 11.5. The van der Waals surface area contributed by atoms with Crippen LogP contribution in [-0.4, -0.2) is 10.2 Å². The van der Waals surface area contributed by atoms with Gasteiger partial charge >= 0.3 is 11.6 Å². The van der Waals surface area contributed by atoms with Crippen LogP contribution in [0.2, 0.25) is 0 Å². The van der Waals surface area contributed by atoms with Gasteiger partial charge in [0.25, 0.3) is 5.89 Å². The fourth-order valence-electron chi connectivity index (χ4n) is 2.66. The third-order valence-corrected chi connectivity index (χ3v) is 4.05. The van der Waals surface area contributed by atoms with Gasteiger partial charge in [0.15, 0.2) is 6.61 Å². The van der Waals surface area contributed by atoms with Crippen molar-refractivity contribution in [3.05, 3.63) is 76.0 Å². The molecule has 0 atom stereocenters. The normalized spacial score (nSPS) is 10.9. The molecule has 27 heavy (non-hydrogen) atoms. The fourth-order valence-corrected chi connectivity index (χ4v) is 2.66. The molecule has 2 aromatic carbocycles. The number of rotatable bonds is 5. The third kappa shape index (κ3) is 3.82. The Labute approximate surface area is 154 Å². The number of aryl methyl sites for hydroxylation is 2. The predicted molar refractivity (Wildman–Crippen MR) is 100 cm³/mol. The van der Waals surface area contributed by atoms with Crippen LogP contribution in [0.25, 0.3) is 11.0 Å². The molecule has 4 aromatic rings. The highest BCUT2D eigenvalue weighted by molar-refractivity contribution is 5.81. The van der Waals surface area contributed by atoms with Gasteiger partial charge in [-0.25, -0.2) is 4.79 Å². The number of hydrogen-bond donors (Lipinski definition) is 1. The zero-order valence-electron chi connectivity index (χ0n) is 14.9. The molecule has 2 aromatic heterocycles. The van der Waals surface area contributed by atoms with E-state index >= 15 is 0 Å². The molecule has 0 spiro atoms. The first-order chi connectivity index (χ1) is 13.1. The summed E-state index contributed by atoms with van der Waals surface area (Å²) in [7, 11) is 0. The Kier molecular flexibility index (Phi) is 4.33. The minimum atomic E-state index is -0.388. The van der Waals surface area contributed by atoms with Gasteiger partial charge in [0.05, 0.1) is 0 Å². The second-order valence-corrected chi connectivity index (χ2v) is 6.19. The molecule has 0 unspecified atom stereocenters. The number of aromatic nitrogens is 2. The van der Waals surface area contributed by atoms with E-state index in [9.17, 15) is 4.79 Å². The number of hydrogen-bond acceptors (Lipinski definition) is 7. The summed E-state index contributed by atoms with van der Waals surface area (Å²) in [6.45, 7) is 3.98. The monoisotopic (exact) mass is 363 g/mol. The smallest absolute Gasteiger partial charge is 0.336 e. The lowest BCUT2D eigenvalue weighted by atomic mass is 10.1. The highest BCUT2D eigenvalue weighted by Gasteiger charge is 2.09. The topological polar surface area (TPSA) is 90.4 Å². The van der Waals surface area contributed by atoms with E-state index in [2.05, 4.69) is 15.5 Å². The van der Waals surface area contributed by atoms with E-state index in [0.29, 0.717) is 17.2 Å². The predicted octanol–water partition coefficient (Wildman–Crippen LogP) is 4.12. The zero-order chi connectivity index (χ0) is 18.8. The fraction of sp³-hybridized carbons (Fsp3) is 0.150. The minimum absolute atomic E-state index is 0.101. The van der Waals surface area contributed by atoms with Gasteiger partial charge < -0.3 is 18.9 Å². The summed E-state index contributed by atoms with van der Waals surface area (Å²) in [5, 5.41) is 11.8. The van der Waals surface area contributed by atoms with Crippen molar-refractivity contribution in [3.63, 3.8) is 0 Å². The van der Waals surface area contributed by atoms with Crippen LogP contribution in [0.15, 0.2) is 62.2 Å². The lowest BCUT2D eigenvalue weighted by Crippen LogP contribution is -1.99. The van der Waals surface area contributed by atoms with Crippen molar-refractivity contribution < 1.29 is 13.6 Å². The standard InChI is InChI=1S/C20H17N3O4/c1-12-3-5-14(6-4-12)21-20-23-22-18(27-20)11-25-15-7-8-16-13(2)9-19(24)26-17(16)10-15/h3-10H,11H2,1-2H3,(H,21,23). The van der Waals surface area contributed by atoms with Gasteiger partial charge in [-0.1, -0.05) is 22.8 Å². The molecule has 2 heterocycles. The molecule has 136 valence electrons. The Hall–Kier alpha value is -3.61. The van der Waals surface area contributed by atoms with Gasteiger partial charge in [0, 0.05) is 23.2 Å². The summed E-state index contributed by atoms with van der Waals surface area (Å²) in [6.07, 6.45) is 0. The maximum atomic E-state index is 11.5. The van der Waals surface area contributed by atoms with E-state index < -0.39 is 0 Å². The SMILES string of the molecule is Cc1ccc(Nc2nnc(COc3ccc4c(C)cc(=O)oc4c3)o2)cc1. The summed E-state index contributed by atoms with van der Waals surface area (Å²) >= 11 is 0. The number of anilines is 2. The average molecular weight is 363 g/mol. The average Bonchev–Trinajstić information content (AvgIpc) is 3.09. The van der Waals surface area contributed by atoms with Crippen LogP contribution in [0.3, 0.4) is 0 Å². The summed E-state index contributed by atoms with van der Waals surface area (Å²) in [6, 6.07) is 14.9. The van der Waals surface area contributed by atoms with Crippen LogP contribution in [0.4, 0.5) is 11.7 Å². The van der Waals surface area contributed by atoms with Crippen molar-refractivity contribution in [1.82, 2.24) is 10.2 Å². The molecule has 4 rings (SSSR count). The van der Waals surface area contributed by atoms with Crippen LogP contribution in [0.5, 0.6) is 5.75 Å². The van der Waals surface area contributed by atoms with Gasteiger partial charge in [-0.3, -0.25) is 0 Å². The van der Waals surface area contributed by atoms with Crippen LogP contribution in [0, 0.1) is 13.8 Å². The van der Waals surface area contributed by atoms with Gasteiger partial charge in [-0.05, 0) is 43.7 Å². The van der Waals surface area contributed by atoms with Crippen molar-refractivity contribution >= 4 is 22.7 Å². The second kappa shape index (κ2) is 6.95. The minimum Gasteiger partial charge on any atom is -0.484 e. The molecule has 0 aliphatic rings. The molecule has 0 amide bonds. The molecule has 0 saturated carbocycles. The molecule has 0 saturated heterocycles. The van der Waals surface area contributed by atoms with Crippen LogP contribution in [-0.2, 0) is 6.61 Å². The molecule has 0 radical (unpaired) electrons. The molecule has 0 aliphatic carbocycles. The van der Waals surface area contributed by atoms with Crippen molar-refractivity contribution in [2.75, 3.05) is 5.32 Å². The lowest BCUT2D eigenvalue weighted by Gasteiger charge is -2.05. The Morgan fingerprint density at radius 1 is 1.00 bits per heavy atom. The summed E-state index contributed by atoms with van der Waals surface area (Å²) < 4.78 is 16.4. The molecule has 1 N–H and O–H groups in total. The first kappa shape index (κ1) is 16.8. The maximum Gasteiger partial charge on any atom is 0.336 e. The number of benzene rings is 2. The van der Waals surface area contributed by atoms with Gasteiger partial charge in [0.2, 0.25) is 0 Å². The number of ether oxygens (including phenoxy) is 1. The summed E-state index contributed by atoms with van der Waals surface area (Å²) in [5.74, 6) is 0.873. The number of fused-ring (bicyclic) bond motifs is 1. The first-order valence-electron chi connectivity index (χ1n) is 8.40. The molecule has 7 nitrogen and oxygen atoms in total. The van der Waals surface area contributed by atoms with Crippen molar-refractivity contribution in [2.45, 2.75) is 20.5 Å². The van der Waals surface area contributed by atoms with Gasteiger partial charge in [-0.2, -0.15) is 0 Å². The van der Waals surface area contributed by atoms with E-state index in [-0.39, 0.29) is 18.2 Å². The van der Waals surface area contributed by atoms with Crippen LogP contribution >= 0.6 is 0 Å². The van der Waals surface area contributed by atoms with Crippen molar-refractivity contribution in [3.8, 4) is 5.75 Å². The molecule has 0 aliphatic heterocycles. The third-order valence-electron chi connectivity index (χ3n) is 4.05. The molecule has 7 heteroatoms. The molecular formula is C20H17N3O4. The molecule has 0 fully saturated rings. The van der Waals surface area contributed by atoms with Gasteiger partial charge in [0.1, 0.15) is 11.3 Å². The molecular weight excluding hydrogens is 346 g/mol. The van der Waals surface area contributed by atoms with Crippen molar-refractivity contribution in [1.29, 1.82) is 0 Å².